The second-order valence-corrected chi connectivity index (χ2v) is 6.81. The van der Waals surface area contributed by atoms with Crippen LogP contribution in [-0.4, -0.2) is 6.21 Å². The van der Waals surface area contributed by atoms with Gasteiger partial charge < -0.3 is 0 Å². The average molecular weight is 338 g/mol. The van der Waals surface area contributed by atoms with Crippen LogP contribution in [0, 0.1) is 0 Å². The van der Waals surface area contributed by atoms with Crippen molar-refractivity contribution in [1.29, 1.82) is 0 Å². The van der Waals surface area contributed by atoms with Crippen LogP contribution in [0.25, 0.3) is 16.3 Å². The highest BCUT2D eigenvalue weighted by Gasteiger charge is 2.16. The number of para-hydroxylation sites is 1. The third kappa shape index (κ3) is 3.18. The van der Waals surface area contributed by atoms with Gasteiger partial charge in [-0.3, -0.25) is 5.43 Å². The lowest BCUT2D eigenvalue weighted by Crippen LogP contribution is -1.97. The van der Waals surface area contributed by atoms with E-state index in [4.69, 9.17) is 0 Å². The number of rotatable bonds is 4. The molecule has 2 heteroatoms. The largest absolute Gasteiger partial charge is 0.279 e. The van der Waals surface area contributed by atoms with E-state index in [1.165, 1.54) is 38.6 Å². The van der Waals surface area contributed by atoms with Crippen LogP contribution >= 0.6 is 0 Å². The van der Waals surface area contributed by atoms with Gasteiger partial charge in [0, 0.05) is 5.56 Å². The van der Waals surface area contributed by atoms with Crippen molar-refractivity contribution in [3.8, 4) is 0 Å². The summed E-state index contributed by atoms with van der Waals surface area (Å²) in [7, 11) is 0. The molecule has 1 aliphatic rings. The molecule has 1 N–H and O–H groups in total. The molecule has 2 nitrogen and oxygen atoms in total. The van der Waals surface area contributed by atoms with Gasteiger partial charge in [0.05, 0.1) is 11.9 Å². The van der Waals surface area contributed by atoms with E-state index in [9.17, 15) is 0 Å². The summed E-state index contributed by atoms with van der Waals surface area (Å²) in [5, 5.41) is 6.99. The van der Waals surface area contributed by atoms with Crippen LogP contribution < -0.4 is 5.43 Å². The second-order valence-electron chi connectivity index (χ2n) is 6.81. The fourth-order valence-electron chi connectivity index (χ4n) is 3.62. The van der Waals surface area contributed by atoms with Gasteiger partial charge >= 0.3 is 0 Å². The summed E-state index contributed by atoms with van der Waals surface area (Å²) in [5.74, 6) is 0. The normalized spacial score (nSPS) is 14.3. The zero-order valence-corrected chi connectivity index (χ0v) is 15.2. The summed E-state index contributed by atoms with van der Waals surface area (Å²) in [6.07, 6.45) is 5.25. The molecule has 0 spiro atoms. The first kappa shape index (κ1) is 16.3. The van der Waals surface area contributed by atoms with E-state index in [-0.39, 0.29) is 0 Å². The van der Waals surface area contributed by atoms with E-state index in [1.54, 1.807) is 0 Å². The van der Waals surface area contributed by atoms with Crippen LogP contribution in [0.2, 0.25) is 0 Å². The van der Waals surface area contributed by atoms with Gasteiger partial charge in [0.1, 0.15) is 0 Å². The first-order chi connectivity index (χ1) is 12.7. The van der Waals surface area contributed by atoms with Gasteiger partial charge in [0.2, 0.25) is 0 Å². The summed E-state index contributed by atoms with van der Waals surface area (Å²) in [5.41, 5.74) is 10.7. The van der Waals surface area contributed by atoms with E-state index in [2.05, 4.69) is 66.8 Å². The number of hydrogen-bond acceptors (Lipinski definition) is 2. The van der Waals surface area contributed by atoms with E-state index in [0.29, 0.717) is 0 Å². The Morgan fingerprint density at radius 3 is 2.42 bits per heavy atom. The first-order valence-corrected chi connectivity index (χ1v) is 8.95. The summed E-state index contributed by atoms with van der Waals surface area (Å²) in [6, 6.07) is 23.0. The van der Waals surface area contributed by atoms with Crippen molar-refractivity contribution in [3.05, 3.63) is 95.1 Å². The molecule has 0 aliphatic heterocycles. The first-order valence-electron chi connectivity index (χ1n) is 8.95. The molecule has 3 aromatic carbocycles. The fraction of sp³-hybridized carbons (Fsp3) is 0.125. The maximum Gasteiger partial charge on any atom is 0.0561 e. The summed E-state index contributed by atoms with van der Waals surface area (Å²) in [4.78, 5) is 0. The lowest BCUT2D eigenvalue weighted by molar-refractivity contribution is 1.26. The quantitative estimate of drug-likeness (QED) is 0.431. The Bertz CT molecular complexity index is 1040. The molecule has 0 heterocycles. The monoisotopic (exact) mass is 338 g/mol. The summed E-state index contributed by atoms with van der Waals surface area (Å²) >= 11 is 0. The van der Waals surface area contributed by atoms with E-state index in [1.807, 2.05) is 36.5 Å². The fourth-order valence-corrected chi connectivity index (χ4v) is 3.62. The van der Waals surface area contributed by atoms with Crippen molar-refractivity contribution >= 4 is 28.2 Å². The molecular formula is C24H22N2. The minimum absolute atomic E-state index is 0.985. The van der Waals surface area contributed by atoms with Crippen LogP contribution in [0.1, 0.15) is 31.4 Å². The predicted octanol–water partition coefficient (Wildman–Crippen LogP) is 6.41. The maximum atomic E-state index is 4.52. The Morgan fingerprint density at radius 2 is 1.65 bits per heavy atom. The van der Waals surface area contributed by atoms with Gasteiger partial charge in [-0.1, -0.05) is 66.2 Å². The number of anilines is 1. The second kappa shape index (κ2) is 7.01. The van der Waals surface area contributed by atoms with Crippen molar-refractivity contribution in [2.45, 2.75) is 20.3 Å². The molecule has 0 amide bonds. The Hall–Kier alpha value is -3.13. The molecule has 26 heavy (non-hydrogen) atoms. The minimum atomic E-state index is 0.985. The van der Waals surface area contributed by atoms with Crippen molar-refractivity contribution in [1.82, 2.24) is 0 Å². The SMILES string of the molecule is CC1=CC(C)=C(c2ccc3ccccc3c2/C=N/Nc2ccccc2)C1. The molecule has 0 saturated heterocycles. The van der Waals surface area contributed by atoms with Crippen LogP contribution in [-0.2, 0) is 0 Å². The topological polar surface area (TPSA) is 24.4 Å². The van der Waals surface area contributed by atoms with E-state index >= 15 is 0 Å². The predicted molar refractivity (Wildman–Crippen MR) is 113 cm³/mol. The Kier molecular flexibility index (Phi) is 4.40. The molecule has 3 aromatic rings. The third-order valence-corrected chi connectivity index (χ3v) is 4.85. The van der Waals surface area contributed by atoms with Crippen LogP contribution in [0.4, 0.5) is 5.69 Å². The molecule has 1 aliphatic carbocycles. The van der Waals surface area contributed by atoms with Crippen molar-refractivity contribution in [3.63, 3.8) is 0 Å². The molecule has 0 atom stereocenters. The van der Waals surface area contributed by atoms with Gasteiger partial charge in [-0.15, -0.1) is 0 Å². The van der Waals surface area contributed by atoms with Crippen molar-refractivity contribution < 1.29 is 0 Å². The molecule has 0 radical (unpaired) electrons. The lowest BCUT2D eigenvalue weighted by atomic mass is 9.92. The number of nitrogens with one attached hydrogen (secondary N) is 1. The van der Waals surface area contributed by atoms with Crippen molar-refractivity contribution in [2.24, 2.45) is 5.10 Å². The molecule has 4 rings (SSSR count). The van der Waals surface area contributed by atoms with Gasteiger partial charge in [0.25, 0.3) is 0 Å². The van der Waals surface area contributed by atoms with Gasteiger partial charge in [-0.2, -0.15) is 5.10 Å². The smallest absolute Gasteiger partial charge is 0.0561 e. The Labute approximate surface area is 154 Å². The van der Waals surface area contributed by atoms with Crippen LogP contribution in [0.5, 0.6) is 0 Å². The molecule has 128 valence electrons. The number of fused-ring (bicyclic) bond motifs is 1. The van der Waals surface area contributed by atoms with Gasteiger partial charge in [0.15, 0.2) is 0 Å². The molecule has 0 unspecified atom stereocenters. The highest BCUT2D eigenvalue weighted by Crippen LogP contribution is 2.36. The Balaban J connectivity index is 1.78. The Morgan fingerprint density at radius 1 is 0.885 bits per heavy atom. The zero-order valence-electron chi connectivity index (χ0n) is 15.2. The number of benzene rings is 3. The van der Waals surface area contributed by atoms with E-state index < -0.39 is 0 Å². The number of hydrogen-bond donors (Lipinski definition) is 1. The average Bonchev–Trinajstić information content (AvgIpc) is 3.00. The molecule has 0 aromatic heterocycles. The zero-order chi connectivity index (χ0) is 17.9. The van der Waals surface area contributed by atoms with Gasteiger partial charge in [-0.25, -0.2) is 0 Å². The number of hydrazone groups is 1. The van der Waals surface area contributed by atoms with Crippen LogP contribution in [0.3, 0.4) is 0 Å². The minimum Gasteiger partial charge on any atom is -0.279 e. The number of nitrogens with zero attached hydrogens (tertiary/aromatic N) is 1. The van der Waals surface area contributed by atoms with Gasteiger partial charge in [-0.05, 0) is 59.9 Å². The van der Waals surface area contributed by atoms with E-state index in [0.717, 1.165) is 12.1 Å². The number of allylic oxidation sites excluding steroid dienone is 4. The van der Waals surface area contributed by atoms with Crippen molar-refractivity contribution in [2.75, 3.05) is 5.43 Å². The lowest BCUT2D eigenvalue weighted by Gasteiger charge is -2.13. The molecule has 0 saturated carbocycles. The molecule has 0 bridgehead atoms. The third-order valence-electron chi connectivity index (χ3n) is 4.85. The van der Waals surface area contributed by atoms with Crippen LogP contribution in [0.15, 0.2) is 89.1 Å². The molecular weight excluding hydrogens is 316 g/mol. The highest BCUT2D eigenvalue weighted by atomic mass is 15.3. The summed E-state index contributed by atoms with van der Waals surface area (Å²) in [6.45, 7) is 4.40. The standard InChI is InChI=1S/C24H22N2/c1-17-14-18(2)23(15-17)22-13-12-19-8-6-7-11-21(19)24(22)16-25-26-20-9-4-3-5-10-20/h3-14,16,26H,15H2,1-2H3/b25-16+. The summed E-state index contributed by atoms with van der Waals surface area (Å²) < 4.78 is 0. The molecule has 0 fully saturated rings. The highest BCUT2D eigenvalue weighted by molar-refractivity contribution is 6.05. The maximum absolute atomic E-state index is 4.52.